The van der Waals surface area contributed by atoms with Crippen molar-refractivity contribution in [2.24, 2.45) is 17.0 Å². The summed E-state index contributed by atoms with van der Waals surface area (Å²) in [5.41, 5.74) is 0.871. The minimum atomic E-state index is -3.86. The highest BCUT2D eigenvalue weighted by Crippen LogP contribution is 2.36. The van der Waals surface area contributed by atoms with Gasteiger partial charge in [-0.25, -0.2) is 13.6 Å². The number of hydrogen-bond acceptors (Lipinski definition) is 4. The van der Waals surface area contributed by atoms with Gasteiger partial charge < -0.3 is 10.1 Å². The molecule has 0 aliphatic heterocycles. The second kappa shape index (κ2) is 6.13. The zero-order chi connectivity index (χ0) is 15.6. The molecule has 21 heavy (non-hydrogen) atoms. The van der Waals surface area contributed by atoms with Gasteiger partial charge in [-0.05, 0) is 42.0 Å². The topological polar surface area (TPSA) is 98.5 Å². The zero-order valence-electron chi connectivity index (χ0n) is 12.1. The van der Waals surface area contributed by atoms with Gasteiger partial charge in [0.15, 0.2) is 0 Å². The molecule has 1 aliphatic carbocycles. The van der Waals surface area contributed by atoms with Gasteiger partial charge in [-0.1, -0.05) is 6.92 Å². The lowest BCUT2D eigenvalue weighted by Gasteiger charge is -2.09. The molecule has 6 nitrogen and oxygen atoms in total. The van der Waals surface area contributed by atoms with Crippen LogP contribution in [0.4, 0.5) is 0 Å². The molecule has 1 fully saturated rings. The van der Waals surface area contributed by atoms with Crippen molar-refractivity contribution in [3.63, 3.8) is 0 Å². The normalized spacial score (nSPS) is 21.1. The lowest BCUT2D eigenvalue weighted by molar-refractivity contribution is 0.0950. The monoisotopic (exact) mass is 312 g/mol. The average Bonchev–Trinajstić information content (AvgIpc) is 3.11. The van der Waals surface area contributed by atoms with E-state index in [1.54, 1.807) is 6.07 Å². The second-order valence-electron chi connectivity index (χ2n) is 5.53. The van der Waals surface area contributed by atoms with Gasteiger partial charge in [0.2, 0.25) is 10.0 Å². The number of amides is 1. The Balaban J connectivity index is 2.20. The zero-order valence-corrected chi connectivity index (χ0v) is 12.9. The lowest BCUT2D eigenvalue weighted by atomic mass is 10.1. The predicted molar refractivity (Wildman–Crippen MR) is 78.1 cm³/mol. The van der Waals surface area contributed by atoms with Crippen LogP contribution in [-0.4, -0.2) is 28.0 Å². The predicted octanol–water partition coefficient (Wildman–Crippen LogP) is 0.866. The largest absolute Gasteiger partial charge is 0.380 e. The van der Waals surface area contributed by atoms with Crippen molar-refractivity contribution in [2.75, 3.05) is 13.7 Å². The van der Waals surface area contributed by atoms with Gasteiger partial charge in [-0.3, -0.25) is 4.79 Å². The summed E-state index contributed by atoms with van der Waals surface area (Å²) in [5, 5.41) is 7.96. The smallest absolute Gasteiger partial charge is 0.251 e. The summed E-state index contributed by atoms with van der Waals surface area (Å²) < 4.78 is 28.0. The molecule has 3 N–H and O–H groups in total. The van der Waals surface area contributed by atoms with Crippen molar-refractivity contribution >= 4 is 15.9 Å². The first-order chi connectivity index (χ1) is 9.81. The Bertz CT molecular complexity index is 642. The maximum atomic E-state index is 12.1. The van der Waals surface area contributed by atoms with Crippen LogP contribution in [0, 0.1) is 11.8 Å². The molecule has 0 radical (unpaired) electrons. The van der Waals surface area contributed by atoms with E-state index in [2.05, 4.69) is 12.2 Å². The van der Waals surface area contributed by atoms with Crippen LogP contribution in [0.1, 0.15) is 29.3 Å². The van der Waals surface area contributed by atoms with Crippen molar-refractivity contribution in [3.05, 3.63) is 29.3 Å². The van der Waals surface area contributed by atoms with Crippen molar-refractivity contribution in [3.8, 4) is 0 Å². The standard InChI is InChI=1S/C14H20N2O4S/c1-9-3-12(9)7-16-14(17)11-4-10(8-20-2)5-13(6-11)21(15,18)19/h4-6,9,12H,3,7-8H2,1-2H3,(H,16,17)(H2,15,18,19). The molecule has 116 valence electrons. The summed E-state index contributed by atoms with van der Waals surface area (Å²) in [6.07, 6.45) is 1.12. The quantitative estimate of drug-likeness (QED) is 0.814. The van der Waals surface area contributed by atoms with E-state index in [-0.39, 0.29) is 23.0 Å². The number of carbonyl (C=O) groups excluding carboxylic acids is 1. The van der Waals surface area contributed by atoms with E-state index in [1.165, 1.54) is 19.2 Å². The maximum Gasteiger partial charge on any atom is 0.251 e. The number of methoxy groups -OCH3 is 1. The van der Waals surface area contributed by atoms with Crippen LogP contribution in [0.5, 0.6) is 0 Å². The van der Waals surface area contributed by atoms with Crippen molar-refractivity contribution < 1.29 is 17.9 Å². The van der Waals surface area contributed by atoms with E-state index < -0.39 is 10.0 Å². The third kappa shape index (κ3) is 4.26. The SMILES string of the molecule is COCc1cc(C(=O)NCC2CC2C)cc(S(N)(=O)=O)c1. The van der Waals surface area contributed by atoms with Crippen LogP contribution in [0.15, 0.2) is 23.1 Å². The summed E-state index contributed by atoms with van der Waals surface area (Å²) in [6, 6.07) is 4.32. The Hall–Kier alpha value is -1.44. The fraction of sp³-hybridized carbons (Fsp3) is 0.500. The van der Waals surface area contributed by atoms with Crippen LogP contribution < -0.4 is 10.5 Å². The highest BCUT2D eigenvalue weighted by Gasteiger charge is 2.32. The molecule has 7 heteroatoms. The Morgan fingerprint density at radius 3 is 2.62 bits per heavy atom. The van der Waals surface area contributed by atoms with Gasteiger partial charge in [0.05, 0.1) is 11.5 Å². The van der Waals surface area contributed by atoms with E-state index in [1.807, 2.05) is 0 Å². The Morgan fingerprint density at radius 1 is 1.43 bits per heavy atom. The summed E-state index contributed by atoms with van der Waals surface area (Å²) in [4.78, 5) is 12.1. The van der Waals surface area contributed by atoms with Gasteiger partial charge in [-0.2, -0.15) is 0 Å². The number of primary sulfonamides is 1. The third-order valence-electron chi connectivity index (χ3n) is 3.67. The van der Waals surface area contributed by atoms with E-state index in [0.717, 1.165) is 6.42 Å². The molecule has 1 aromatic rings. The number of ether oxygens (including phenoxy) is 1. The molecule has 2 atom stereocenters. The molecule has 0 spiro atoms. The Morgan fingerprint density at radius 2 is 2.10 bits per heavy atom. The molecular weight excluding hydrogens is 292 g/mol. The first-order valence-corrected chi connectivity index (χ1v) is 8.30. The van der Waals surface area contributed by atoms with Gasteiger partial charge >= 0.3 is 0 Å². The third-order valence-corrected chi connectivity index (χ3v) is 4.56. The number of nitrogens with two attached hydrogens (primary N) is 1. The van der Waals surface area contributed by atoms with Crippen molar-refractivity contribution in [1.29, 1.82) is 0 Å². The molecule has 1 aliphatic rings. The number of rotatable bonds is 6. The minimum Gasteiger partial charge on any atom is -0.380 e. The van der Waals surface area contributed by atoms with E-state index in [0.29, 0.717) is 23.9 Å². The van der Waals surface area contributed by atoms with Crippen LogP contribution in [0.25, 0.3) is 0 Å². The molecule has 1 saturated carbocycles. The number of nitrogens with one attached hydrogen (secondary N) is 1. The summed E-state index contributed by atoms with van der Waals surface area (Å²) in [6.45, 7) is 2.96. The molecule has 0 saturated heterocycles. The van der Waals surface area contributed by atoms with Gasteiger partial charge in [0, 0.05) is 19.2 Å². The van der Waals surface area contributed by atoms with Crippen LogP contribution in [-0.2, 0) is 21.4 Å². The molecule has 2 unspecified atom stereocenters. The lowest BCUT2D eigenvalue weighted by Crippen LogP contribution is -2.26. The number of carbonyl (C=O) groups is 1. The Kier molecular flexibility index (Phi) is 4.65. The van der Waals surface area contributed by atoms with Gasteiger partial charge in [-0.15, -0.1) is 0 Å². The summed E-state index contributed by atoms with van der Waals surface area (Å²) >= 11 is 0. The highest BCUT2D eigenvalue weighted by atomic mass is 32.2. The first-order valence-electron chi connectivity index (χ1n) is 6.75. The average molecular weight is 312 g/mol. The van der Waals surface area contributed by atoms with Crippen LogP contribution in [0.3, 0.4) is 0 Å². The fourth-order valence-corrected chi connectivity index (χ4v) is 2.82. The fourth-order valence-electron chi connectivity index (χ4n) is 2.22. The van der Waals surface area contributed by atoms with Gasteiger partial charge in [0.25, 0.3) is 5.91 Å². The second-order valence-corrected chi connectivity index (χ2v) is 7.09. The van der Waals surface area contributed by atoms with Crippen LogP contribution >= 0.6 is 0 Å². The first kappa shape index (κ1) is 15.9. The van der Waals surface area contributed by atoms with Crippen molar-refractivity contribution in [2.45, 2.75) is 24.8 Å². The van der Waals surface area contributed by atoms with Crippen molar-refractivity contribution in [1.82, 2.24) is 5.32 Å². The number of hydrogen-bond donors (Lipinski definition) is 2. The van der Waals surface area contributed by atoms with Crippen LogP contribution in [0.2, 0.25) is 0 Å². The minimum absolute atomic E-state index is 0.0815. The van der Waals surface area contributed by atoms with E-state index in [4.69, 9.17) is 9.88 Å². The molecule has 0 heterocycles. The number of sulfonamides is 1. The van der Waals surface area contributed by atoms with E-state index in [9.17, 15) is 13.2 Å². The summed E-state index contributed by atoms with van der Waals surface area (Å²) in [5.74, 6) is 0.871. The molecule has 1 amide bonds. The maximum absolute atomic E-state index is 12.1. The molecule has 1 aromatic carbocycles. The molecule has 0 aromatic heterocycles. The van der Waals surface area contributed by atoms with E-state index >= 15 is 0 Å². The van der Waals surface area contributed by atoms with Gasteiger partial charge in [0.1, 0.15) is 0 Å². The summed E-state index contributed by atoms with van der Waals surface area (Å²) in [7, 11) is -2.37. The molecule has 2 rings (SSSR count). The molecule has 0 bridgehead atoms. The highest BCUT2D eigenvalue weighted by molar-refractivity contribution is 7.89. The molecular formula is C14H20N2O4S. The Labute approximate surface area is 124 Å². The number of benzene rings is 1.